The summed E-state index contributed by atoms with van der Waals surface area (Å²) < 4.78 is 19.3. The Hall–Kier alpha value is -2.69. The molecule has 0 aromatic heterocycles. The van der Waals surface area contributed by atoms with Gasteiger partial charge in [-0.15, -0.1) is 0 Å². The Labute approximate surface area is 139 Å². The number of hydrogen-bond acceptors (Lipinski definition) is 3. The van der Waals surface area contributed by atoms with Gasteiger partial charge in [0.05, 0.1) is 18.2 Å². The summed E-state index contributed by atoms with van der Waals surface area (Å²) >= 11 is 0. The van der Waals surface area contributed by atoms with Crippen molar-refractivity contribution in [3.63, 3.8) is 0 Å². The lowest BCUT2D eigenvalue weighted by Crippen LogP contribution is -2.42. The minimum Gasteiger partial charge on any atom is -0.463 e. The maximum atomic E-state index is 14.3. The van der Waals surface area contributed by atoms with E-state index in [0.717, 1.165) is 11.1 Å². The van der Waals surface area contributed by atoms with Gasteiger partial charge in [0.1, 0.15) is 12.4 Å². The molecule has 0 aliphatic carbocycles. The number of benzene rings is 2. The third-order valence-corrected chi connectivity index (χ3v) is 4.15. The number of ether oxygens (including phenoxy) is 1. The first-order valence-electron chi connectivity index (χ1n) is 7.78. The molecule has 3 rings (SSSR count). The molecule has 1 aliphatic heterocycles. The van der Waals surface area contributed by atoms with Gasteiger partial charge in [0.25, 0.3) is 5.91 Å². The van der Waals surface area contributed by atoms with Crippen LogP contribution < -0.4 is 4.90 Å². The van der Waals surface area contributed by atoms with E-state index in [1.165, 1.54) is 11.0 Å². The molecule has 4 nitrogen and oxygen atoms in total. The van der Waals surface area contributed by atoms with Crippen LogP contribution in [0.2, 0.25) is 0 Å². The van der Waals surface area contributed by atoms with Crippen molar-refractivity contribution in [2.75, 3.05) is 11.5 Å². The number of halogens is 1. The van der Waals surface area contributed by atoms with Crippen LogP contribution in [0.4, 0.5) is 10.1 Å². The van der Waals surface area contributed by atoms with Crippen molar-refractivity contribution in [1.82, 2.24) is 0 Å². The number of para-hydroxylation sites is 1. The average molecular weight is 327 g/mol. The quantitative estimate of drug-likeness (QED) is 0.812. The van der Waals surface area contributed by atoms with E-state index in [0.29, 0.717) is 5.56 Å². The Morgan fingerprint density at radius 3 is 2.58 bits per heavy atom. The van der Waals surface area contributed by atoms with Crippen molar-refractivity contribution < 1.29 is 18.7 Å². The van der Waals surface area contributed by atoms with Gasteiger partial charge in [0.15, 0.2) is 0 Å². The largest absolute Gasteiger partial charge is 0.463 e. The zero-order valence-corrected chi connectivity index (χ0v) is 13.6. The highest BCUT2D eigenvalue weighted by Crippen LogP contribution is 2.28. The number of carbonyl (C=O) groups is 2. The van der Waals surface area contributed by atoms with Gasteiger partial charge in [-0.05, 0) is 37.6 Å². The molecule has 1 aliphatic rings. The van der Waals surface area contributed by atoms with Crippen molar-refractivity contribution in [2.24, 2.45) is 0 Å². The summed E-state index contributed by atoms with van der Waals surface area (Å²) in [6.07, 6.45) is 0.0605. The molecular weight excluding hydrogens is 309 g/mol. The van der Waals surface area contributed by atoms with Crippen LogP contribution in [0.3, 0.4) is 0 Å². The van der Waals surface area contributed by atoms with Crippen LogP contribution in [-0.4, -0.2) is 24.5 Å². The molecule has 2 aromatic rings. The second-order valence-corrected chi connectivity index (χ2v) is 5.99. The summed E-state index contributed by atoms with van der Waals surface area (Å²) in [5.41, 5.74) is 2.50. The molecule has 24 heavy (non-hydrogen) atoms. The highest BCUT2D eigenvalue weighted by Gasteiger charge is 2.35. The number of nitrogens with zero attached hydrogens (tertiary/aromatic N) is 1. The third-order valence-electron chi connectivity index (χ3n) is 4.15. The molecule has 0 radical (unpaired) electrons. The first kappa shape index (κ1) is 16.2. The highest BCUT2D eigenvalue weighted by molar-refractivity contribution is 6.08. The number of hydrogen-bond donors (Lipinski definition) is 0. The van der Waals surface area contributed by atoms with E-state index in [2.05, 4.69) is 0 Å². The molecule has 2 aromatic carbocycles. The number of aryl methyl sites for hydroxylation is 2. The maximum Gasteiger partial charge on any atom is 0.308 e. The Balaban J connectivity index is 2.05. The summed E-state index contributed by atoms with van der Waals surface area (Å²) in [6, 6.07) is 11.0. The van der Waals surface area contributed by atoms with Crippen LogP contribution in [0.15, 0.2) is 42.5 Å². The van der Waals surface area contributed by atoms with E-state index >= 15 is 0 Å². The van der Waals surface area contributed by atoms with Gasteiger partial charge in [0.2, 0.25) is 0 Å². The fourth-order valence-corrected chi connectivity index (χ4v) is 2.97. The minimum absolute atomic E-state index is 0.0605. The lowest BCUT2D eigenvalue weighted by Gasteiger charge is -2.28. The molecule has 1 saturated heterocycles. The monoisotopic (exact) mass is 327 g/mol. The van der Waals surface area contributed by atoms with Crippen molar-refractivity contribution in [3.8, 4) is 0 Å². The topological polar surface area (TPSA) is 46.6 Å². The molecule has 1 atom stereocenters. The van der Waals surface area contributed by atoms with Crippen LogP contribution >= 0.6 is 0 Å². The molecule has 1 amide bonds. The zero-order valence-electron chi connectivity index (χ0n) is 13.6. The minimum atomic E-state index is -0.511. The molecule has 0 bridgehead atoms. The van der Waals surface area contributed by atoms with Crippen LogP contribution in [-0.2, 0) is 9.53 Å². The van der Waals surface area contributed by atoms with Gasteiger partial charge in [-0.3, -0.25) is 14.5 Å². The van der Waals surface area contributed by atoms with E-state index in [1.807, 2.05) is 26.0 Å². The number of amides is 1. The van der Waals surface area contributed by atoms with Crippen LogP contribution in [0.25, 0.3) is 0 Å². The van der Waals surface area contributed by atoms with Gasteiger partial charge in [-0.25, -0.2) is 4.39 Å². The second kappa shape index (κ2) is 6.43. The fraction of sp³-hybridized carbons (Fsp3) is 0.263. The number of carbonyl (C=O) groups excluding carboxylic acids is 2. The number of anilines is 1. The molecule has 1 fully saturated rings. The number of esters is 1. The molecule has 0 saturated carbocycles. The molecule has 5 heteroatoms. The van der Waals surface area contributed by atoms with E-state index in [4.69, 9.17) is 4.74 Å². The van der Waals surface area contributed by atoms with Gasteiger partial charge >= 0.3 is 5.97 Å². The second-order valence-electron chi connectivity index (χ2n) is 5.99. The Morgan fingerprint density at radius 2 is 1.96 bits per heavy atom. The maximum absolute atomic E-state index is 14.3. The lowest BCUT2D eigenvalue weighted by molar-refractivity contribution is -0.137. The van der Waals surface area contributed by atoms with E-state index in [-0.39, 0.29) is 30.6 Å². The predicted molar refractivity (Wildman–Crippen MR) is 88.5 cm³/mol. The molecule has 1 unspecified atom stereocenters. The van der Waals surface area contributed by atoms with Gasteiger partial charge in [-0.1, -0.05) is 29.8 Å². The number of rotatable bonds is 3. The van der Waals surface area contributed by atoms with E-state index in [9.17, 15) is 14.0 Å². The average Bonchev–Trinajstić information content (AvgIpc) is 2.95. The van der Waals surface area contributed by atoms with Crippen LogP contribution in [0.5, 0.6) is 0 Å². The predicted octanol–water partition coefficient (Wildman–Crippen LogP) is 3.40. The fourth-order valence-electron chi connectivity index (χ4n) is 2.97. The van der Waals surface area contributed by atoms with Gasteiger partial charge in [0, 0.05) is 5.56 Å². The first-order valence-corrected chi connectivity index (χ1v) is 7.78. The SMILES string of the molecule is Cc1ccc(C(=O)N(c2ccccc2F)C2COC(=O)C2)c(C)c1. The summed E-state index contributed by atoms with van der Waals surface area (Å²) in [5.74, 6) is -1.22. The van der Waals surface area contributed by atoms with E-state index < -0.39 is 11.9 Å². The normalized spacial score (nSPS) is 16.8. The van der Waals surface area contributed by atoms with Crippen LogP contribution in [0, 0.1) is 19.7 Å². The van der Waals surface area contributed by atoms with Crippen molar-refractivity contribution in [1.29, 1.82) is 0 Å². The van der Waals surface area contributed by atoms with Gasteiger partial charge < -0.3 is 4.74 Å². The molecule has 124 valence electrons. The van der Waals surface area contributed by atoms with E-state index in [1.54, 1.807) is 24.3 Å². The molecule has 0 spiro atoms. The summed E-state index contributed by atoms with van der Waals surface area (Å²) in [7, 11) is 0. The standard InChI is InChI=1S/C19H18FNO3/c1-12-7-8-15(13(2)9-12)19(23)21(14-10-18(22)24-11-14)17-6-4-3-5-16(17)20/h3-9,14H,10-11H2,1-2H3. The smallest absolute Gasteiger partial charge is 0.308 e. The summed E-state index contributed by atoms with van der Waals surface area (Å²) in [4.78, 5) is 26.0. The number of cyclic esters (lactones) is 1. The molecule has 0 N–H and O–H groups in total. The Kier molecular flexibility index (Phi) is 4.34. The van der Waals surface area contributed by atoms with Crippen molar-refractivity contribution in [2.45, 2.75) is 26.3 Å². The molecular formula is C19H18FNO3. The summed E-state index contributed by atoms with van der Waals surface area (Å²) in [6.45, 7) is 3.86. The lowest BCUT2D eigenvalue weighted by atomic mass is 10.0. The Morgan fingerprint density at radius 1 is 1.21 bits per heavy atom. The molecule has 1 heterocycles. The third kappa shape index (κ3) is 3.02. The van der Waals surface area contributed by atoms with Crippen molar-refractivity contribution >= 4 is 17.6 Å². The highest BCUT2D eigenvalue weighted by atomic mass is 19.1. The van der Waals surface area contributed by atoms with Crippen molar-refractivity contribution in [3.05, 3.63) is 65.0 Å². The van der Waals surface area contributed by atoms with Crippen LogP contribution in [0.1, 0.15) is 27.9 Å². The van der Waals surface area contributed by atoms with Gasteiger partial charge in [-0.2, -0.15) is 0 Å². The first-order chi connectivity index (χ1) is 11.5. The Bertz CT molecular complexity index is 803. The zero-order chi connectivity index (χ0) is 17.3. The summed E-state index contributed by atoms with van der Waals surface area (Å²) in [5, 5.41) is 0.